The van der Waals surface area contributed by atoms with E-state index in [4.69, 9.17) is 42.6 Å². The Hall–Kier alpha value is -1.87. The summed E-state index contributed by atoms with van der Waals surface area (Å²) in [7, 11) is 1.64. The molecule has 1 aromatic rings. The number of carbonyl (C=O) groups is 1. The number of benzene rings is 1. The molecule has 1 rings (SSSR count). The van der Waals surface area contributed by atoms with Gasteiger partial charge in [-0.1, -0.05) is 13.3 Å². The highest BCUT2D eigenvalue weighted by molar-refractivity contribution is 5.90. The zero-order valence-electron chi connectivity index (χ0n) is 25.6. The van der Waals surface area contributed by atoms with Crippen LogP contribution < -0.4 is 5.32 Å². The lowest BCUT2D eigenvalue weighted by Crippen LogP contribution is -2.15. The number of unbranched alkanes of at least 4 members (excludes halogenated alkanes) is 1. The number of ether oxygens (including phenoxy) is 9. The van der Waals surface area contributed by atoms with Crippen LogP contribution in [0.4, 0.5) is 5.69 Å². The molecular weight excluding hydrogens is 550 g/mol. The van der Waals surface area contributed by atoms with Crippen LogP contribution in [0.2, 0.25) is 0 Å². The molecule has 0 spiro atoms. The predicted octanol–water partition coefficient (Wildman–Crippen LogP) is 2.92. The molecular formula is C30H53NO11. The average molecular weight is 604 g/mol. The maximum Gasteiger partial charge on any atom is 0.335 e. The predicted molar refractivity (Wildman–Crippen MR) is 159 cm³/mol. The topological polar surface area (TPSA) is 132 Å². The second-order valence-electron chi connectivity index (χ2n) is 9.10. The van der Waals surface area contributed by atoms with E-state index in [0.717, 1.165) is 30.6 Å². The van der Waals surface area contributed by atoms with Crippen LogP contribution in [0, 0.1) is 0 Å². The number of aromatic carboxylic acids is 1. The molecule has 42 heavy (non-hydrogen) atoms. The van der Waals surface area contributed by atoms with Gasteiger partial charge in [-0.05, 0) is 36.6 Å². The number of hydrogen-bond acceptors (Lipinski definition) is 11. The Kier molecular flexibility index (Phi) is 26.5. The zero-order valence-corrected chi connectivity index (χ0v) is 25.6. The van der Waals surface area contributed by atoms with Crippen molar-refractivity contribution >= 4 is 11.7 Å². The third kappa shape index (κ3) is 22.7. The summed E-state index contributed by atoms with van der Waals surface area (Å²) in [5.74, 6) is -0.928. The molecule has 0 aliphatic carbocycles. The molecule has 0 aliphatic rings. The van der Waals surface area contributed by atoms with Crippen LogP contribution in [0.3, 0.4) is 0 Å². The van der Waals surface area contributed by atoms with Gasteiger partial charge in [0.15, 0.2) is 0 Å². The van der Waals surface area contributed by atoms with Crippen molar-refractivity contribution in [2.45, 2.75) is 26.2 Å². The van der Waals surface area contributed by atoms with Gasteiger partial charge in [-0.3, -0.25) is 0 Å². The van der Waals surface area contributed by atoms with Crippen molar-refractivity contribution in [2.24, 2.45) is 0 Å². The molecule has 0 saturated carbocycles. The summed E-state index contributed by atoms with van der Waals surface area (Å²) < 4.78 is 48.6. The van der Waals surface area contributed by atoms with Crippen LogP contribution in [0.5, 0.6) is 0 Å². The minimum absolute atomic E-state index is 0.309. The average Bonchev–Trinajstić information content (AvgIpc) is 2.99. The second-order valence-corrected chi connectivity index (χ2v) is 9.10. The molecule has 0 fully saturated rings. The first-order chi connectivity index (χ1) is 20.7. The highest BCUT2D eigenvalue weighted by atomic mass is 16.6. The highest BCUT2D eigenvalue weighted by Gasteiger charge is 2.11. The smallest absolute Gasteiger partial charge is 0.335 e. The highest BCUT2D eigenvalue weighted by Crippen LogP contribution is 2.17. The number of hydrogen-bond donors (Lipinski definition) is 2. The van der Waals surface area contributed by atoms with Crippen molar-refractivity contribution in [3.05, 3.63) is 29.3 Å². The Balaban J connectivity index is 1.84. The maximum atomic E-state index is 11.5. The number of methoxy groups -OCH3 is 1. The van der Waals surface area contributed by atoms with Gasteiger partial charge in [-0.2, -0.15) is 0 Å². The number of carboxylic acids is 1. The third-order valence-corrected chi connectivity index (χ3v) is 5.75. The van der Waals surface area contributed by atoms with Gasteiger partial charge in [0.25, 0.3) is 0 Å². The van der Waals surface area contributed by atoms with Crippen LogP contribution in [-0.2, 0) is 49.1 Å². The third-order valence-electron chi connectivity index (χ3n) is 5.75. The van der Waals surface area contributed by atoms with Gasteiger partial charge in [0.05, 0.1) is 118 Å². The summed E-state index contributed by atoms with van der Waals surface area (Å²) in [6.45, 7) is 11.5. The maximum absolute atomic E-state index is 11.5. The van der Waals surface area contributed by atoms with Crippen molar-refractivity contribution in [3.63, 3.8) is 0 Å². The van der Waals surface area contributed by atoms with E-state index < -0.39 is 5.97 Å². The van der Waals surface area contributed by atoms with Gasteiger partial charge >= 0.3 is 5.97 Å². The van der Waals surface area contributed by atoms with E-state index in [1.165, 1.54) is 0 Å². The molecule has 0 amide bonds. The fourth-order valence-electron chi connectivity index (χ4n) is 3.49. The molecule has 0 unspecified atom stereocenters. The summed E-state index contributed by atoms with van der Waals surface area (Å²) in [4.78, 5) is 11.5. The number of rotatable bonds is 32. The van der Waals surface area contributed by atoms with Gasteiger partial charge in [0.1, 0.15) is 0 Å². The lowest BCUT2D eigenvalue weighted by molar-refractivity contribution is -0.0242. The second kappa shape index (κ2) is 29.2. The molecule has 0 atom stereocenters. The Labute approximate surface area is 251 Å². The van der Waals surface area contributed by atoms with E-state index in [0.29, 0.717) is 124 Å². The lowest BCUT2D eigenvalue weighted by atomic mass is 10.0. The molecule has 12 nitrogen and oxygen atoms in total. The Morgan fingerprint density at radius 1 is 0.643 bits per heavy atom. The van der Waals surface area contributed by atoms with Gasteiger partial charge < -0.3 is 53.1 Å². The van der Waals surface area contributed by atoms with Gasteiger partial charge in [-0.25, -0.2) is 4.79 Å². The summed E-state index contributed by atoms with van der Waals surface area (Å²) in [5.41, 5.74) is 2.00. The molecule has 2 N–H and O–H groups in total. The molecule has 0 radical (unpaired) electrons. The first-order valence-corrected chi connectivity index (χ1v) is 14.9. The van der Waals surface area contributed by atoms with Crippen molar-refractivity contribution in [3.8, 4) is 0 Å². The van der Waals surface area contributed by atoms with Crippen LogP contribution in [0.1, 0.15) is 35.7 Å². The van der Waals surface area contributed by atoms with E-state index in [1.54, 1.807) is 13.2 Å². The summed E-state index contributed by atoms with van der Waals surface area (Å²) >= 11 is 0. The minimum atomic E-state index is -0.928. The van der Waals surface area contributed by atoms with Crippen LogP contribution >= 0.6 is 0 Å². The molecule has 0 heterocycles. The summed E-state index contributed by atoms with van der Waals surface area (Å²) in [6, 6.07) is 5.35. The molecule has 12 heteroatoms. The molecule has 0 bridgehead atoms. The molecule has 0 saturated heterocycles. The lowest BCUT2D eigenvalue weighted by Gasteiger charge is -2.11. The van der Waals surface area contributed by atoms with Crippen molar-refractivity contribution in [2.75, 3.05) is 131 Å². The van der Waals surface area contributed by atoms with Crippen molar-refractivity contribution in [1.29, 1.82) is 0 Å². The number of anilines is 1. The van der Waals surface area contributed by atoms with E-state index in [-0.39, 0.29) is 0 Å². The normalized spacial score (nSPS) is 11.3. The first kappa shape index (κ1) is 38.2. The van der Waals surface area contributed by atoms with Gasteiger partial charge in [0, 0.05) is 19.3 Å². The fourth-order valence-corrected chi connectivity index (χ4v) is 3.49. The van der Waals surface area contributed by atoms with Gasteiger partial charge in [0.2, 0.25) is 0 Å². The first-order valence-electron chi connectivity index (χ1n) is 14.9. The fraction of sp³-hybridized carbons (Fsp3) is 0.767. The van der Waals surface area contributed by atoms with Crippen molar-refractivity contribution in [1.82, 2.24) is 0 Å². The monoisotopic (exact) mass is 603 g/mol. The Morgan fingerprint density at radius 2 is 1.05 bits per heavy atom. The van der Waals surface area contributed by atoms with Crippen molar-refractivity contribution < 1.29 is 52.5 Å². The van der Waals surface area contributed by atoms with Crippen LogP contribution in [-0.4, -0.2) is 137 Å². The Bertz CT molecular complexity index is 754. The van der Waals surface area contributed by atoms with E-state index in [9.17, 15) is 9.90 Å². The van der Waals surface area contributed by atoms with Gasteiger partial charge in [-0.15, -0.1) is 0 Å². The number of nitrogens with one attached hydrogen (secondary N) is 1. The summed E-state index contributed by atoms with van der Waals surface area (Å²) in [5, 5.41) is 12.8. The molecule has 244 valence electrons. The molecule has 0 aliphatic heterocycles. The standard InChI is InChI=1S/C30H53NO11/c1-3-4-8-31-28-5-6-29(30(32)33)27(26-28)7-9-35-12-13-37-16-17-39-20-21-41-24-25-42-23-22-40-19-18-38-15-14-36-11-10-34-2/h5-6,26,31H,3-4,7-25H2,1-2H3,(H,32,33). The summed E-state index contributed by atoms with van der Waals surface area (Å²) in [6.07, 6.45) is 2.69. The molecule has 0 aromatic heterocycles. The molecule has 1 aromatic carbocycles. The Morgan fingerprint density at radius 3 is 1.43 bits per heavy atom. The minimum Gasteiger partial charge on any atom is -0.478 e. The van der Waals surface area contributed by atoms with Crippen LogP contribution in [0.25, 0.3) is 0 Å². The van der Waals surface area contributed by atoms with E-state index >= 15 is 0 Å². The van der Waals surface area contributed by atoms with E-state index in [1.807, 2.05) is 12.1 Å². The van der Waals surface area contributed by atoms with E-state index in [2.05, 4.69) is 12.2 Å². The zero-order chi connectivity index (χ0) is 30.4. The SMILES string of the molecule is CCCCNc1ccc(C(=O)O)c(CCOCCOCCOCCOCCOCCOCCOCCOCCOC)c1. The largest absolute Gasteiger partial charge is 0.478 e. The van der Waals surface area contributed by atoms with Crippen LogP contribution in [0.15, 0.2) is 18.2 Å². The number of carboxylic acid groups (broad SMARTS) is 1. The quantitative estimate of drug-likeness (QED) is 0.117.